The van der Waals surface area contributed by atoms with Gasteiger partial charge in [0.05, 0.1) is 0 Å². The first-order valence-electron chi connectivity index (χ1n) is 15.1. The second kappa shape index (κ2) is 12.3. The van der Waals surface area contributed by atoms with Crippen LogP contribution in [0, 0.1) is 23.7 Å². The van der Waals surface area contributed by atoms with Gasteiger partial charge < -0.3 is 0 Å². The second-order valence-electron chi connectivity index (χ2n) is 14.2. The van der Waals surface area contributed by atoms with Crippen molar-refractivity contribution in [1.82, 2.24) is 0 Å². The van der Waals surface area contributed by atoms with Crippen molar-refractivity contribution >= 4 is 32.4 Å². The number of hydrogen-bond acceptors (Lipinski definition) is 0. The minimum atomic E-state index is -3.08. The van der Waals surface area contributed by atoms with E-state index in [2.05, 4.69) is 129 Å². The summed E-state index contributed by atoms with van der Waals surface area (Å²) in [6.45, 7) is 5.22. The van der Waals surface area contributed by atoms with Crippen LogP contribution in [0.4, 0.5) is 0 Å². The molecular weight excluding hydrogens is 579 g/mol. The van der Waals surface area contributed by atoms with Crippen molar-refractivity contribution in [3.05, 3.63) is 119 Å². The number of hydrogen-bond donors (Lipinski definition) is 0. The molecule has 2 aromatic carbocycles. The zero-order chi connectivity index (χ0) is 26.5. The normalized spacial score (nSPS) is 33.3. The summed E-state index contributed by atoms with van der Waals surface area (Å²) in [4.78, 5) is 0. The van der Waals surface area contributed by atoms with Gasteiger partial charge in [-0.2, -0.15) is 0 Å². The van der Waals surface area contributed by atoms with Gasteiger partial charge in [0.1, 0.15) is 0 Å². The van der Waals surface area contributed by atoms with Crippen LogP contribution < -0.4 is 0 Å². The van der Waals surface area contributed by atoms with Gasteiger partial charge in [-0.25, -0.2) is 0 Å². The first-order valence-corrected chi connectivity index (χ1v) is 24.1. The van der Waals surface area contributed by atoms with E-state index < -0.39 is 14.0 Å². The van der Waals surface area contributed by atoms with Gasteiger partial charge in [0, 0.05) is 0 Å². The Balaban J connectivity index is 0.00000185. The smallest absolute Gasteiger partial charge is 0.147 e. The van der Waals surface area contributed by atoms with Gasteiger partial charge in [-0.05, 0) is 0 Å². The van der Waals surface area contributed by atoms with Gasteiger partial charge in [0.15, 0.2) is 0 Å². The largest absolute Gasteiger partial charge is 0.147 e. The number of benzene rings is 2. The Bertz CT molecular complexity index is 1270. The van der Waals surface area contributed by atoms with Crippen LogP contribution >= 0.6 is 24.8 Å². The van der Waals surface area contributed by atoms with Crippen molar-refractivity contribution in [2.45, 2.75) is 70.3 Å². The average Bonchev–Trinajstić information content (AvgIpc) is 3.24. The number of allylic oxidation sites excluding steroid dienone is 8. The van der Waals surface area contributed by atoms with Crippen LogP contribution in [0.25, 0.3) is 0 Å². The molecule has 4 aliphatic rings. The van der Waals surface area contributed by atoms with Crippen LogP contribution in [-0.4, -0.2) is 7.63 Å². The molecule has 2 fully saturated rings. The summed E-state index contributed by atoms with van der Waals surface area (Å²) in [5.41, 5.74) is 6.71. The van der Waals surface area contributed by atoms with E-state index in [0.29, 0.717) is 23.7 Å². The molecule has 0 bridgehead atoms. The van der Waals surface area contributed by atoms with E-state index in [1.54, 1.807) is 0 Å². The number of fused-ring (bicyclic) bond motifs is 2. The van der Waals surface area contributed by atoms with Gasteiger partial charge in [-0.1, -0.05) is 0 Å². The molecule has 0 heterocycles. The van der Waals surface area contributed by atoms with Crippen LogP contribution in [0.2, 0.25) is 18.9 Å². The molecule has 4 heteroatoms. The summed E-state index contributed by atoms with van der Waals surface area (Å²) >= 11 is -3.08. The first-order chi connectivity index (χ1) is 18.2. The molecule has 0 aliphatic heterocycles. The molecule has 0 aromatic heterocycles. The average molecular weight is 628 g/mol. The van der Waals surface area contributed by atoms with Gasteiger partial charge in [-0.15, -0.1) is 24.8 Å². The zero-order valence-electron chi connectivity index (χ0n) is 24.7. The quantitative estimate of drug-likeness (QED) is 0.296. The van der Waals surface area contributed by atoms with E-state index in [1.165, 1.54) is 36.8 Å². The fraction of sp³-hybridized carbons (Fsp3) is 0.444. The Hall–Kier alpha value is -1.09. The molecule has 214 valence electrons. The van der Waals surface area contributed by atoms with Crippen LogP contribution in [-0.2, 0) is 14.0 Å². The maximum Gasteiger partial charge on any atom is -0.147 e. The van der Waals surface area contributed by atoms with Crippen molar-refractivity contribution in [1.29, 1.82) is 0 Å². The standard InChI is InChI=1S/2C17H19.2CH3.2ClH.H2Si.Ti/c2*1-13-11-15-9-5-6-10-16(17(15)12-13)14-7-3-2-4-8-14;;;;;;/h2*2-9,11,13,16-17H,10,12H2,1H3;2*1H3;2*1H;1H2;. The molecule has 2 aromatic rings. The molecule has 40 heavy (non-hydrogen) atoms. The van der Waals surface area contributed by atoms with E-state index in [0.717, 1.165) is 20.3 Å². The summed E-state index contributed by atoms with van der Waals surface area (Å²) in [5, 5.41) is 5.70. The number of halogens is 2. The summed E-state index contributed by atoms with van der Waals surface area (Å²) in [6.07, 6.45) is 20.0. The Morgan fingerprint density at radius 2 is 0.975 bits per heavy atom. The fourth-order valence-electron chi connectivity index (χ4n) is 10.1. The third-order valence-electron chi connectivity index (χ3n) is 11.1. The minimum Gasteiger partial charge on any atom is -0.147 e. The second-order valence-corrected chi connectivity index (χ2v) is 34.5. The number of rotatable bonds is 4. The van der Waals surface area contributed by atoms with Crippen molar-refractivity contribution in [3.63, 3.8) is 0 Å². The third kappa shape index (κ3) is 5.51. The summed E-state index contributed by atoms with van der Waals surface area (Å²) in [6, 6.07) is 22.8. The molecule has 2 saturated carbocycles. The SMILES string of the molecule is CC1CC2C(=CC=CCC2c2ccccc2)[CH]1[Ti]([CH3])([CH3])(=[SiH2])[CH]1C2=CC=CCC(c3ccccc3)C2CC1C.Cl.Cl. The van der Waals surface area contributed by atoms with E-state index in [-0.39, 0.29) is 24.8 Å². The third-order valence-corrected chi connectivity index (χ3v) is 23.9. The predicted molar refractivity (Wildman–Crippen MR) is 179 cm³/mol. The zero-order valence-corrected chi connectivity index (χ0v) is 29.3. The van der Waals surface area contributed by atoms with Gasteiger partial charge in [-0.3, -0.25) is 0 Å². The van der Waals surface area contributed by atoms with E-state index in [9.17, 15) is 0 Å². The Labute approximate surface area is 258 Å². The maximum absolute atomic E-state index is 3.08. The molecule has 0 N–H and O–H groups in total. The summed E-state index contributed by atoms with van der Waals surface area (Å²) < 4.78 is 1.55. The minimum absolute atomic E-state index is 0. The Morgan fingerprint density at radius 3 is 1.35 bits per heavy atom. The Morgan fingerprint density at radius 1 is 0.600 bits per heavy atom. The molecule has 0 nitrogen and oxygen atoms in total. The van der Waals surface area contributed by atoms with Crippen LogP contribution in [0.5, 0.6) is 0 Å². The molecule has 4 aliphatic carbocycles. The molecule has 0 saturated heterocycles. The first kappa shape index (κ1) is 31.8. The molecule has 8 unspecified atom stereocenters. The van der Waals surface area contributed by atoms with E-state index in [4.69, 9.17) is 0 Å². The fourth-order valence-corrected chi connectivity index (χ4v) is 26.7. The van der Waals surface area contributed by atoms with Crippen LogP contribution in [0.15, 0.2) is 108 Å². The van der Waals surface area contributed by atoms with Gasteiger partial charge >= 0.3 is 235 Å². The van der Waals surface area contributed by atoms with E-state index >= 15 is 0 Å². The molecule has 6 rings (SSSR count). The Kier molecular flexibility index (Phi) is 9.76. The molecule has 0 spiro atoms. The van der Waals surface area contributed by atoms with Gasteiger partial charge in [0.2, 0.25) is 0 Å². The maximum atomic E-state index is 2.85. The molecular formula is C36H48Cl2SiTi. The summed E-state index contributed by atoms with van der Waals surface area (Å²) in [5.74, 6) is 4.16. The van der Waals surface area contributed by atoms with Crippen molar-refractivity contribution in [3.8, 4) is 0 Å². The monoisotopic (exact) mass is 626 g/mol. The molecule has 0 radical (unpaired) electrons. The van der Waals surface area contributed by atoms with Gasteiger partial charge in [0.25, 0.3) is 0 Å². The van der Waals surface area contributed by atoms with Crippen LogP contribution in [0.3, 0.4) is 0 Å². The predicted octanol–water partition coefficient (Wildman–Crippen LogP) is 10.4. The van der Waals surface area contributed by atoms with Crippen molar-refractivity contribution in [2.75, 3.05) is 0 Å². The topological polar surface area (TPSA) is 0 Å². The van der Waals surface area contributed by atoms with Crippen molar-refractivity contribution < 1.29 is 14.0 Å². The van der Waals surface area contributed by atoms with Crippen molar-refractivity contribution in [2.24, 2.45) is 23.7 Å². The van der Waals surface area contributed by atoms with Crippen LogP contribution in [0.1, 0.15) is 62.5 Å². The molecule has 8 atom stereocenters. The van der Waals surface area contributed by atoms with E-state index in [1.807, 2.05) is 11.1 Å². The molecule has 0 amide bonds. The summed E-state index contributed by atoms with van der Waals surface area (Å²) in [7, 11) is 2.55.